The fraction of sp³-hybridized carbons (Fsp3) is 0.692. The van der Waals surface area contributed by atoms with Crippen molar-refractivity contribution in [1.29, 1.82) is 0 Å². The predicted octanol–water partition coefficient (Wildman–Crippen LogP) is 3.66. The number of hydrogen-bond acceptors (Lipinski definition) is 2. The number of thiophene rings is 1. The highest BCUT2D eigenvalue weighted by molar-refractivity contribution is 7.10. The van der Waals surface area contributed by atoms with E-state index in [1.807, 2.05) is 11.3 Å². The van der Waals surface area contributed by atoms with Crippen LogP contribution in [0, 0.1) is 5.92 Å². The Kier molecular flexibility index (Phi) is 4.35. The van der Waals surface area contributed by atoms with Crippen LogP contribution < -0.4 is 5.32 Å². The Balaban J connectivity index is 2.51. The molecule has 1 aromatic heterocycles. The standard InChI is InChI=1S/C13H23NS/c1-10(2)11(3)14-9-13(4,5)12-7-6-8-15-12/h6-8,10-11,14H,9H2,1-5H3. The lowest BCUT2D eigenvalue weighted by Crippen LogP contribution is -2.39. The van der Waals surface area contributed by atoms with E-state index in [2.05, 4.69) is 57.4 Å². The number of hydrogen-bond donors (Lipinski definition) is 1. The zero-order valence-corrected chi connectivity index (χ0v) is 11.3. The van der Waals surface area contributed by atoms with Gasteiger partial charge >= 0.3 is 0 Å². The molecule has 0 fully saturated rings. The van der Waals surface area contributed by atoms with Crippen molar-refractivity contribution in [2.24, 2.45) is 5.92 Å². The van der Waals surface area contributed by atoms with Gasteiger partial charge in [0.25, 0.3) is 0 Å². The van der Waals surface area contributed by atoms with Crippen molar-refractivity contribution in [2.75, 3.05) is 6.54 Å². The molecule has 1 unspecified atom stereocenters. The van der Waals surface area contributed by atoms with Crippen LogP contribution in [0.5, 0.6) is 0 Å². The molecule has 0 radical (unpaired) electrons. The van der Waals surface area contributed by atoms with Crippen molar-refractivity contribution < 1.29 is 0 Å². The highest BCUT2D eigenvalue weighted by atomic mass is 32.1. The summed E-state index contributed by atoms with van der Waals surface area (Å²) in [5.74, 6) is 0.698. The maximum absolute atomic E-state index is 3.62. The molecule has 0 bridgehead atoms. The van der Waals surface area contributed by atoms with Gasteiger partial charge < -0.3 is 5.32 Å². The SMILES string of the molecule is CC(C)C(C)NCC(C)(C)c1cccs1. The number of rotatable bonds is 5. The second-order valence-corrected chi connectivity index (χ2v) is 6.22. The van der Waals surface area contributed by atoms with Crippen LogP contribution in [0.25, 0.3) is 0 Å². The summed E-state index contributed by atoms with van der Waals surface area (Å²) in [6.07, 6.45) is 0. The summed E-state index contributed by atoms with van der Waals surface area (Å²) >= 11 is 1.85. The molecular weight excluding hydrogens is 202 g/mol. The van der Waals surface area contributed by atoms with Crippen LogP contribution in [0.1, 0.15) is 39.5 Å². The quantitative estimate of drug-likeness (QED) is 0.806. The Labute approximate surface area is 97.9 Å². The minimum atomic E-state index is 0.247. The van der Waals surface area contributed by atoms with Gasteiger partial charge in [0.2, 0.25) is 0 Å². The average molecular weight is 225 g/mol. The molecule has 0 aliphatic carbocycles. The van der Waals surface area contributed by atoms with E-state index in [4.69, 9.17) is 0 Å². The van der Waals surface area contributed by atoms with Gasteiger partial charge in [-0.1, -0.05) is 33.8 Å². The smallest absolute Gasteiger partial charge is 0.0115 e. The molecule has 1 rings (SSSR count). The lowest BCUT2D eigenvalue weighted by Gasteiger charge is -2.27. The lowest BCUT2D eigenvalue weighted by atomic mass is 9.90. The van der Waals surface area contributed by atoms with Crippen LogP contribution in [-0.4, -0.2) is 12.6 Å². The molecule has 1 heterocycles. The highest BCUT2D eigenvalue weighted by Gasteiger charge is 2.22. The van der Waals surface area contributed by atoms with Gasteiger partial charge in [-0.2, -0.15) is 0 Å². The van der Waals surface area contributed by atoms with E-state index < -0.39 is 0 Å². The molecule has 0 saturated heterocycles. The Morgan fingerprint density at radius 1 is 1.33 bits per heavy atom. The molecule has 0 aliphatic rings. The van der Waals surface area contributed by atoms with Gasteiger partial charge in [0.05, 0.1) is 0 Å². The molecular formula is C13H23NS. The van der Waals surface area contributed by atoms with Crippen molar-refractivity contribution in [3.05, 3.63) is 22.4 Å². The first-order chi connectivity index (χ1) is 6.93. The third-order valence-corrected chi connectivity index (χ3v) is 4.29. The van der Waals surface area contributed by atoms with Crippen LogP contribution in [0.15, 0.2) is 17.5 Å². The van der Waals surface area contributed by atoms with E-state index in [1.54, 1.807) is 0 Å². The van der Waals surface area contributed by atoms with Crippen molar-refractivity contribution in [1.82, 2.24) is 5.32 Å². The van der Waals surface area contributed by atoms with Crippen LogP contribution in [0.4, 0.5) is 0 Å². The van der Waals surface area contributed by atoms with Gasteiger partial charge in [-0.15, -0.1) is 11.3 Å². The predicted molar refractivity (Wildman–Crippen MR) is 69.6 cm³/mol. The molecule has 0 spiro atoms. The third-order valence-electron chi connectivity index (χ3n) is 3.05. The first-order valence-corrected chi connectivity index (χ1v) is 6.59. The number of nitrogens with one attached hydrogen (secondary N) is 1. The molecule has 86 valence electrons. The zero-order chi connectivity index (χ0) is 11.5. The minimum absolute atomic E-state index is 0.247. The second-order valence-electron chi connectivity index (χ2n) is 5.27. The summed E-state index contributed by atoms with van der Waals surface area (Å²) < 4.78 is 0. The summed E-state index contributed by atoms with van der Waals surface area (Å²) in [5, 5.41) is 5.77. The average Bonchev–Trinajstić information content (AvgIpc) is 2.67. The molecule has 0 aromatic carbocycles. The van der Waals surface area contributed by atoms with Gasteiger partial charge in [0.1, 0.15) is 0 Å². The van der Waals surface area contributed by atoms with Crippen molar-refractivity contribution in [3.63, 3.8) is 0 Å². The third kappa shape index (κ3) is 3.62. The van der Waals surface area contributed by atoms with E-state index in [0.717, 1.165) is 6.54 Å². The molecule has 0 aliphatic heterocycles. The van der Waals surface area contributed by atoms with Crippen LogP contribution in [-0.2, 0) is 5.41 Å². The summed E-state index contributed by atoms with van der Waals surface area (Å²) in [4.78, 5) is 1.46. The monoisotopic (exact) mass is 225 g/mol. The van der Waals surface area contributed by atoms with Crippen molar-refractivity contribution >= 4 is 11.3 Å². The fourth-order valence-electron chi connectivity index (χ4n) is 1.40. The Morgan fingerprint density at radius 3 is 2.47 bits per heavy atom. The fourth-order valence-corrected chi connectivity index (χ4v) is 2.25. The van der Waals surface area contributed by atoms with Gasteiger partial charge in [0.15, 0.2) is 0 Å². The first kappa shape index (κ1) is 12.7. The second kappa shape index (κ2) is 5.13. The Hall–Kier alpha value is -0.340. The highest BCUT2D eigenvalue weighted by Crippen LogP contribution is 2.26. The van der Waals surface area contributed by atoms with Gasteiger partial charge in [0, 0.05) is 22.9 Å². The molecule has 1 atom stereocenters. The Morgan fingerprint density at radius 2 is 2.00 bits per heavy atom. The Bertz CT molecular complexity index is 275. The minimum Gasteiger partial charge on any atom is -0.313 e. The van der Waals surface area contributed by atoms with E-state index in [0.29, 0.717) is 12.0 Å². The van der Waals surface area contributed by atoms with Gasteiger partial charge in [-0.05, 0) is 24.3 Å². The van der Waals surface area contributed by atoms with Crippen LogP contribution in [0.3, 0.4) is 0 Å². The maximum Gasteiger partial charge on any atom is 0.0115 e. The molecule has 2 heteroatoms. The van der Waals surface area contributed by atoms with Crippen molar-refractivity contribution in [3.8, 4) is 0 Å². The van der Waals surface area contributed by atoms with Crippen LogP contribution in [0.2, 0.25) is 0 Å². The normalized spacial score (nSPS) is 14.5. The largest absolute Gasteiger partial charge is 0.313 e. The van der Waals surface area contributed by atoms with Crippen LogP contribution >= 0.6 is 11.3 Å². The molecule has 1 aromatic rings. The van der Waals surface area contributed by atoms with Crippen molar-refractivity contribution in [2.45, 2.75) is 46.1 Å². The zero-order valence-electron chi connectivity index (χ0n) is 10.5. The van der Waals surface area contributed by atoms with E-state index in [9.17, 15) is 0 Å². The molecule has 0 amide bonds. The van der Waals surface area contributed by atoms with E-state index in [-0.39, 0.29) is 5.41 Å². The molecule has 1 nitrogen and oxygen atoms in total. The molecule has 15 heavy (non-hydrogen) atoms. The van der Waals surface area contributed by atoms with Gasteiger partial charge in [-0.3, -0.25) is 0 Å². The van der Waals surface area contributed by atoms with Gasteiger partial charge in [-0.25, -0.2) is 0 Å². The van der Waals surface area contributed by atoms with E-state index in [1.165, 1.54) is 4.88 Å². The summed E-state index contributed by atoms with van der Waals surface area (Å²) in [5.41, 5.74) is 0.247. The summed E-state index contributed by atoms with van der Waals surface area (Å²) in [6.45, 7) is 12.4. The topological polar surface area (TPSA) is 12.0 Å². The maximum atomic E-state index is 3.62. The lowest BCUT2D eigenvalue weighted by molar-refractivity contribution is 0.377. The molecule has 0 saturated carbocycles. The van der Waals surface area contributed by atoms with E-state index >= 15 is 0 Å². The summed E-state index contributed by atoms with van der Waals surface area (Å²) in [7, 11) is 0. The molecule has 1 N–H and O–H groups in total. The first-order valence-electron chi connectivity index (χ1n) is 5.71. The summed E-state index contributed by atoms with van der Waals surface area (Å²) in [6, 6.07) is 4.95.